The van der Waals surface area contributed by atoms with E-state index in [1.165, 1.54) is 7.11 Å². The molecule has 162 valence electrons. The van der Waals surface area contributed by atoms with E-state index >= 15 is 0 Å². The van der Waals surface area contributed by atoms with Crippen LogP contribution in [0.2, 0.25) is 0 Å². The van der Waals surface area contributed by atoms with E-state index in [1.54, 1.807) is 10.9 Å². The molecule has 0 atom stereocenters. The maximum Gasteiger partial charge on any atom is 0.261 e. The van der Waals surface area contributed by atoms with E-state index in [0.29, 0.717) is 16.8 Å². The zero-order chi connectivity index (χ0) is 22.8. The Morgan fingerprint density at radius 2 is 1.72 bits per heavy atom. The molecule has 9 heteroatoms. The van der Waals surface area contributed by atoms with E-state index < -0.39 is 0 Å². The van der Waals surface area contributed by atoms with Gasteiger partial charge in [0.2, 0.25) is 0 Å². The van der Waals surface area contributed by atoms with Gasteiger partial charge in [-0.1, -0.05) is 34.1 Å². The number of aromatic nitrogens is 3. The SMILES string of the molecule is COc1c(C)cc(Br)cc1C(=O)NC(=S)Nc1cc2nn(-c3ccccc3)nc2cc1C. The molecule has 1 aromatic heterocycles. The van der Waals surface area contributed by atoms with Crippen molar-refractivity contribution >= 4 is 55.9 Å². The lowest BCUT2D eigenvalue weighted by atomic mass is 10.1. The number of hydrogen-bond donors (Lipinski definition) is 2. The van der Waals surface area contributed by atoms with Gasteiger partial charge >= 0.3 is 0 Å². The van der Waals surface area contributed by atoms with Crippen LogP contribution in [-0.4, -0.2) is 33.1 Å². The number of amides is 1. The predicted molar refractivity (Wildman–Crippen MR) is 133 cm³/mol. The van der Waals surface area contributed by atoms with E-state index in [-0.39, 0.29) is 11.0 Å². The lowest BCUT2D eigenvalue weighted by Crippen LogP contribution is -2.34. The Bertz CT molecular complexity index is 1340. The first kappa shape index (κ1) is 21.9. The number of carbonyl (C=O) groups excluding carboxylic acids is 1. The highest BCUT2D eigenvalue weighted by atomic mass is 79.9. The maximum atomic E-state index is 12.8. The number of ether oxygens (including phenoxy) is 1. The third kappa shape index (κ3) is 4.49. The number of anilines is 1. The number of nitrogens with zero attached hydrogens (tertiary/aromatic N) is 3. The summed E-state index contributed by atoms with van der Waals surface area (Å²) in [5.74, 6) is 0.140. The summed E-state index contributed by atoms with van der Waals surface area (Å²) in [7, 11) is 1.53. The smallest absolute Gasteiger partial charge is 0.261 e. The van der Waals surface area contributed by atoms with Gasteiger partial charge in [-0.25, -0.2) is 0 Å². The molecule has 4 aromatic rings. The van der Waals surface area contributed by atoms with Gasteiger partial charge in [-0.15, -0.1) is 10.2 Å². The minimum atomic E-state index is -0.363. The topological polar surface area (TPSA) is 81.1 Å². The van der Waals surface area contributed by atoms with Crippen LogP contribution in [0.15, 0.2) is 59.1 Å². The van der Waals surface area contributed by atoms with E-state index in [1.807, 2.05) is 62.4 Å². The molecule has 32 heavy (non-hydrogen) atoms. The minimum Gasteiger partial charge on any atom is -0.496 e. The molecule has 0 fully saturated rings. The van der Waals surface area contributed by atoms with Crippen LogP contribution in [0.25, 0.3) is 16.7 Å². The summed E-state index contributed by atoms with van der Waals surface area (Å²) in [6, 6.07) is 17.1. The van der Waals surface area contributed by atoms with Crippen LogP contribution in [0.5, 0.6) is 5.75 Å². The first-order valence-electron chi connectivity index (χ1n) is 9.75. The van der Waals surface area contributed by atoms with Crippen LogP contribution >= 0.6 is 28.1 Å². The Labute approximate surface area is 198 Å². The number of methoxy groups -OCH3 is 1. The van der Waals surface area contributed by atoms with Gasteiger partial charge in [0, 0.05) is 10.2 Å². The van der Waals surface area contributed by atoms with Crippen LogP contribution in [-0.2, 0) is 0 Å². The Morgan fingerprint density at radius 1 is 1.03 bits per heavy atom. The molecular formula is C23H20BrN5O2S. The van der Waals surface area contributed by atoms with Crippen molar-refractivity contribution in [1.29, 1.82) is 0 Å². The number of nitrogens with one attached hydrogen (secondary N) is 2. The van der Waals surface area contributed by atoms with Crippen molar-refractivity contribution in [1.82, 2.24) is 20.3 Å². The fourth-order valence-corrected chi connectivity index (χ4v) is 4.15. The zero-order valence-electron chi connectivity index (χ0n) is 17.6. The van der Waals surface area contributed by atoms with Gasteiger partial charge in [0.05, 0.1) is 18.4 Å². The molecule has 1 amide bonds. The average Bonchev–Trinajstić information content (AvgIpc) is 3.16. The normalized spacial score (nSPS) is 10.8. The van der Waals surface area contributed by atoms with E-state index in [4.69, 9.17) is 17.0 Å². The van der Waals surface area contributed by atoms with Gasteiger partial charge in [-0.2, -0.15) is 4.80 Å². The standard InChI is InChI=1S/C23H20BrN5O2S/c1-13-10-19-20(28-29(27-19)16-7-5-4-6-8-16)12-18(13)25-23(32)26-22(30)17-11-15(24)9-14(2)21(17)31-3/h4-12H,1-3H3,(H2,25,26,30,32). The number of aryl methyl sites for hydroxylation is 2. The van der Waals surface area contributed by atoms with Gasteiger partial charge in [0.15, 0.2) is 5.11 Å². The Hall–Kier alpha value is -3.30. The number of thiocarbonyl (C=S) groups is 1. The van der Waals surface area contributed by atoms with Crippen molar-refractivity contribution in [3.8, 4) is 11.4 Å². The van der Waals surface area contributed by atoms with Crippen molar-refractivity contribution in [2.24, 2.45) is 0 Å². The van der Waals surface area contributed by atoms with Gasteiger partial charge in [-0.05, 0) is 73.6 Å². The summed E-state index contributed by atoms with van der Waals surface area (Å²) < 4.78 is 6.18. The van der Waals surface area contributed by atoms with Crippen LogP contribution in [0.1, 0.15) is 21.5 Å². The lowest BCUT2D eigenvalue weighted by Gasteiger charge is -2.14. The Kier molecular flexibility index (Phi) is 6.20. The molecular weight excluding hydrogens is 490 g/mol. The van der Waals surface area contributed by atoms with Gasteiger partial charge in [0.1, 0.15) is 16.8 Å². The van der Waals surface area contributed by atoms with Crippen molar-refractivity contribution < 1.29 is 9.53 Å². The first-order valence-corrected chi connectivity index (χ1v) is 11.0. The molecule has 0 spiro atoms. The van der Waals surface area contributed by atoms with Crippen LogP contribution in [0.4, 0.5) is 5.69 Å². The quantitative estimate of drug-likeness (QED) is 0.379. The summed E-state index contributed by atoms with van der Waals surface area (Å²) in [5.41, 5.74) is 5.24. The molecule has 0 radical (unpaired) electrons. The van der Waals surface area contributed by atoms with Crippen molar-refractivity contribution in [2.45, 2.75) is 13.8 Å². The first-order chi connectivity index (χ1) is 15.4. The molecule has 0 aliphatic rings. The largest absolute Gasteiger partial charge is 0.496 e. The molecule has 0 aliphatic carbocycles. The molecule has 0 bridgehead atoms. The van der Waals surface area contributed by atoms with Crippen LogP contribution < -0.4 is 15.4 Å². The van der Waals surface area contributed by atoms with E-state index in [0.717, 1.165) is 32.5 Å². The van der Waals surface area contributed by atoms with Crippen molar-refractivity contribution in [3.63, 3.8) is 0 Å². The number of benzene rings is 3. The predicted octanol–water partition coefficient (Wildman–Crippen LogP) is 4.94. The molecule has 3 aromatic carbocycles. The average molecular weight is 510 g/mol. The second-order valence-corrected chi connectivity index (χ2v) is 8.52. The van der Waals surface area contributed by atoms with Gasteiger partial charge in [0.25, 0.3) is 5.91 Å². The summed E-state index contributed by atoms with van der Waals surface area (Å²) in [5, 5.41) is 15.1. The summed E-state index contributed by atoms with van der Waals surface area (Å²) in [6.45, 7) is 3.81. The van der Waals surface area contributed by atoms with Crippen LogP contribution in [0.3, 0.4) is 0 Å². The zero-order valence-corrected chi connectivity index (χ0v) is 20.0. The number of fused-ring (bicyclic) bond motifs is 1. The fourth-order valence-electron chi connectivity index (χ4n) is 3.37. The molecule has 4 rings (SSSR count). The molecule has 2 N–H and O–H groups in total. The molecule has 0 aliphatic heterocycles. The monoisotopic (exact) mass is 509 g/mol. The van der Waals surface area contributed by atoms with E-state index in [2.05, 4.69) is 36.8 Å². The third-order valence-electron chi connectivity index (χ3n) is 4.88. The van der Waals surface area contributed by atoms with Crippen molar-refractivity contribution in [3.05, 3.63) is 75.8 Å². The fraction of sp³-hybridized carbons (Fsp3) is 0.130. The summed E-state index contributed by atoms with van der Waals surface area (Å²) >= 11 is 8.80. The highest BCUT2D eigenvalue weighted by molar-refractivity contribution is 9.10. The number of hydrogen-bond acceptors (Lipinski definition) is 5. The van der Waals surface area contributed by atoms with Gasteiger partial charge in [-0.3, -0.25) is 10.1 Å². The molecule has 0 saturated heterocycles. The van der Waals surface area contributed by atoms with E-state index in [9.17, 15) is 4.79 Å². The minimum absolute atomic E-state index is 0.174. The number of carbonyl (C=O) groups is 1. The summed E-state index contributed by atoms with van der Waals surface area (Å²) in [4.78, 5) is 14.4. The number of halogens is 1. The maximum absolute atomic E-state index is 12.8. The highest BCUT2D eigenvalue weighted by Crippen LogP contribution is 2.28. The van der Waals surface area contributed by atoms with Gasteiger partial charge < -0.3 is 10.1 Å². The second kappa shape index (κ2) is 9.05. The number of rotatable bonds is 4. The molecule has 1 heterocycles. The summed E-state index contributed by atoms with van der Waals surface area (Å²) in [6.07, 6.45) is 0. The van der Waals surface area contributed by atoms with Crippen LogP contribution in [0, 0.1) is 13.8 Å². The number of para-hydroxylation sites is 1. The third-order valence-corrected chi connectivity index (χ3v) is 5.54. The molecule has 0 saturated carbocycles. The Morgan fingerprint density at radius 3 is 2.41 bits per heavy atom. The van der Waals surface area contributed by atoms with Crippen molar-refractivity contribution in [2.75, 3.05) is 12.4 Å². The Balaban J connectivity index is 1.55. The highest BCUT2D eigenvalue weighted by Gasteiger charge is 2.17. The second-order valence-electron chi connectivity index (χ2n) is 7.19. The molecule has 0 unspecified atom stereocenters. The lowest BCUT2D eigenvalue weighted by molar-refractivity contribution is 0.0974. The molecule has 7 nitrogen and oxygen atoms in total.